The zero-order chi connectivity index (χ0) is 15.1. The van der Waals surface area contributed by atoms with Gasteiger partial charge in [0.2, 0.25) is 5.91 Å². The first-order valence-corrected chi connectivity index (χ1v) is 7.63. The summed E-state index contributed by atoms with van der Waals surface area (Å²) in [7, 11) is 0. The number of anilines is 1. The Kier molecular flexibility index (Phi) is 5.96. The Morgan fingerprint density at radius 2 is 1.81 bits per heavy atom. The van der Waals surface area contributed by atoms with Crippen molar-refractivity contribution in [3.63, 3.8) is 0 Å². The monoisotopic (exact) mass is 296 g/mol. The maximum atomic E-state index is 13.0. The van der Waals surface area contributed by atoms with Gasteiger partial charge in [-0.25, -0.2) is 8.78 Å². The molecule has 1 amide bonds. The topological polar surface area (TPSA) is 41.1 Å². The molecule has 1 aromatic carbocycles. The fraction of sp³-hybridized carbons (Fsp3) is 0.562. The van der Waals surface area contributed by atoms with Crippen LogP contribution < -0.4 is 10.6 Å². The summed E-state index contributed by atoms with van der Waals surface area (Å²) in [5.74, 6) is -1.74. The van der Waals surface area contributed by atoms with Crippen molar-refractivity contribution in [3.05, 3.63) is 29.8 Å². The quantitative estimate of drug-likeness (QED) is 0.815. The van der Waals surface area contributed by atoms with Crippen molar-refractivity contribution in [2.75, 3.05) is 11.9 Å². The number of benzene rings is 1. The normalized spacial score (nSPS) is 16.3. The Bertz CT molecular complexity index is 471. The third-order valence-electron chi connectivity index (χ3n) is 3.82. The highest BCUT2D eigenvalue weighted by Crippen LogP contribution is 2.17. The highest BCUT2D eigenvalue weighted by molar-refractivity contribution is 5.76. The standard InChI is InChI=1S/C16H22F2N2O/c17-14-8-7-13(11-15(14)18)19-10-9-16(21)20-12-5-3-1-2-4-6-12/h7-8,11-12,19H,1-6,9-10H2,(H,20,21). The molecule has 1 aliphatic rings. The highest BCUT2D eigenvalue weighted by Gasteiger charge is 2.14. The van der Waals surface area contributed by atoms with Crippen LogP contribution in [0.2, 0.25) is 0 Å². The molecule has 21 heavy (non-hydrogen) atoms. The average Bonchev–Trinajstić information content (AvgIpc) is 2.71. The molecule has 0 radical (unpaired) electrons. The Balaban J connectivity index is 1.69. The molecule has 0 aliphatic heterocycles. The molecule has 0 bridgehead atoms. The molecular weight excluding hydrogens is 274 g/mol. The molecule has 0 spiro atoms. The number of nitrogens with one attached hydrogen (secondary N) is 2. The van der Waals surface area contributed by atoms with Crippen LogP contribution >= 0.6 is 0 Å². The van der Waals surface area contributed by atoms with Crippen LogP contribution in [-0.4, -0.2) is 18.5 Å². The minimum Gasteiger partial charge on any atom is -0.384 e. The smallest absolute Gasteiger partial charge is 0.221 e. The van der Waals surface area contributed by atoms with E-state index in [0.29, 0.717) is 24.7 Å². The first-order valence-electron chi connectivity index (χ1n) is 7.63. The Morgan fingerprint density at radius 3 is 2.48 bits per heavy atom. The van der Waals surface area contributed by atoms with Gasteiger partial charge in [-0.1, -0.05) is 25.7 Å². The fourth-order valence-corrected chi connectivity index (χ4v) is 2.65. The number of amides is 1. The number of hydrogen-bond acceptors (Lipinski definition) is 2. The van der Waals surface area contributed by atoms with Crippen LogP contribution in [0.3, 0.4) is 0 Å². The average molecular weight is 296 g/mol. The minimum absolute atomic E-state index is 0.0111. The van der Waals surface area contributed by atoms with Gasteiger partial charge < -0.3 is 10.6 Å². The van der Waals surface area contributed by atoms with Crippen molar-refractivity contribution in [2.45, 2.75) is 51.0 Å². The Hall–Kier alpha value is -1.65. The zero-order valence-electron chi connectivity index (χ0n) is 12.1. The second-order valence-corrected chi connectivity index (χ2v) is 5.56. The molecule has 5 heteroatoms. The molecule has 2 N–H and O–H groups in total. The van der Waals surface area contributed by atoms with E-state index in [4.69, 9.17) is 0 Å². The summed E-state index contributed by atoms with van der Waals surface area (Å²) in [5.41, 5.74) is 0.483. The summed E-state index contributed by atoms with van der Waals surface area (Å²) in [5, 5.41) is 5.98. The fourth-order valence-electron chi connectivity index (χ4n) is 2.65. The van der Waals surface area contributed by atoms with Crippen LogP contribution in [-0.2, 0) is 4.79 Å². The van der Waals surface area contributed by atoms with Gasteiger partial charge in [-0.3, -0.25) is 4.79 Å². The van der Waals surface area contributed by atoms with Gasteiger partial charge in [0.15, 0.2) is 11.6 Å². The molecule has 1 saturated carbocycles. The molecule has 0 atom stereocenters. The Morgan fingerprint density at radius 1 is 1.10 bits per heavy atom. The highest BCUT2D eigenvalue weighted by atomic mass is 19.2. The summed E-state index contributed by atoms with van der Waals surface area (Å²) < 4.78 is 25.8. The number of carbonyl (C=O) groups excluding carboxylic acids is 1. The van der Waals surface area contributed by atoms with Gasteiger partial charge in [-0.2, -0.15) is 0 Å². The molecule has 0 saturated heterocycles. The van der Waals surface area contributed by atoms with Crippen LogP contribution in [0.1, 0.15) is 44.9 Å². The summed E-state index contributed by atoms with van der Waals surface area (Å²) >= 11 is 0. The third kappa shape index (κ3) is 5.33. The Labute approximate surface area is 124 Å². The second kappa shape index (κ2) is 7.96. The maximum absolute atomic E-state index is 13.0. The van der Waals surface area contributed by atoms with Gasteiger partial charge in [0.05, 0.1) is 0 Å². The van der Waals surface area contributed by atoms with Crippen LogP contribution in [0.15, 0.2) is 18.2 Å². The van der Waals surface area contributed by atoms with E-state index in [0.717, 1.165) is 25.0 Å². The summed E-state index contributed by atoms with van der Waals surface area (Å²) in [6.45, 7) is 0.406. The number of carbonyl (C=O) groups is 1. The van der Waals surface area contributed by atoms with Crippen LogP contribution in [0.25, 0.3) is 0 Å². The van der Waals surface area contributed by atoms with Crippen molar-refractivity contribution < 1.29 is 13.6 Å². The SMILES string of the molecule is O=C(CCNc1ccc(F)c(F)c1)NC1CCCCCC1. The van der Waals surface area contributed by atoms with Gasteiger partial charge >= 0.3 is 0 Å². The van der Waals surface area contributed by atoms with Crippen molar-refractivity contribution in [3.8, 4) is 0 Å². The summed E-state index contributed by atoms with van der Waals surface area (Å²) in [4.78, 5) is 11.8. The summed E-state index contributed by atoms with van der Waals surface area (Å²) in [6, 6.07) is 3.92. The van der Waals surface area contributed by atoms with Crippen molar-refractivity contribution in [1.82, 2.24) is 5.32 Å². The number of hydrogen-bond donors (Lipinski definition) is 2. The molecule has 2 rings (SSSR count). The van der Waals surface area contributed by atoms with E-state index in [-0.39, 0.29) is 5.91 Å². The van der Waals surface area contributed by atoms with E-state index in [9.17, 15) is 13.6 Å². The lowest BCUT2D eigenvalue weighted by Gasteiger charge is -2.16. The van der Waals surface area contributed by atoms with Crippen molar-refractivity contribution >= 4 is 11.6 Å². The molecule has 1 fully saturated rings. The maximum Gasteiger partial charge on any atom is 0.221 e. The van der Waals surface area contributed by atoms with E-state index in [1.807, 2.05) is 0 Å². The molecule has 116 valence electrons. The van der Waals surface area contributed by atoms with Gasteiger partial charge in [0.25, 0.3) is 0 Å². The number of rotatable bonds is 5. The number of halogens is 2. The summed E-state index contributed by atoms with van der Waals surface area (Å²) in [6.07, 6.45) is 7.31. The lowest BCUT2D eigenvalue weighted by Crippen LogP contribution is -2.35. The zero-order valence-corrected chi connectivity index (χ0v) is 12.1. The van der Waals surface area contributed by atoms with Gasteiger partial charge in [-0.15, -0.1) is 0 Å². The molecular formula is C16H22F2N2O. The van der Waals surface area contributed by atoms with Crippen molar-refractivity contribution in [1.29, 1.82) is 0 Å². The van der Waals surface area contributed by atoms with E-state index in [1.54, 1.807) is 0 Å². The molecule has 1 aliphatic carbocycles. The van der Waals surface area contributed by atoms with Crippen LogP contribution in [0, 0.1) is 11.6 Å². The molecule has 3 nitrogen and oxygen atoms in total. The molecule has 0 heterocycles. The third-order valence-corrected chi connectivity index (χ3v) is 3.82. The van der Waals surface area contributed by atoms with E-state index < -0.39 is 11.6 Å². The molecule has 0 aromatic heterocycles. The second-order valence-electron chi connectivity index (χ2n) is 5.56. The van der Waals surface area contributed by atoms with E-state index in [1.165, 1.54) is 31.7 Å². The van der Waals surface area contributed by atoms with Gasteiger partial charge in [-0.05, 0) is 31.0 Å². The van der Waals surface area contributed by atoms with Gasteiger partial charge in [0.1, 0.15) is 0 Å². The molecule has 0 unspecified atom stereocenters. The van der Waals surface area contributed by atoms with E-state index >= 15 is 0 Å². The van der Waals surface area contributed by atoms with E-state index in [2.05, 4.69) is 10.6 Å². The predicted molar refractivity (Wildman–Crippen MR) is 79.1 cm³/mol. The lowest BCUT2D eigenvalue weighted by atomic mass is 10.1. The minimum atomic E-state index is -0.886. The predicted octanol–water partition coefficient (Wildman–Crippen LogP) is 3.61. The molecule has 1 aromatic rings. The largest absolute Gasteiger partial charge is 0.384 e. The van der Waals surface area contributed by atoms with Crippen LogP contribution in [0.4, 0.5) is 14.5 Å². The lowest BCUT2D eigenvalue weighted by molar-refractivity contribution is -0.121. The van der Waals surface area contributed by atoms with Gasteiger partial charge in [0, 0.05) is 24.7 Å². The van der Waals surface area contributed by atoms with Crippen LogP contribution in [0.5, 0.6) is 0 Å². The first kappa shape index (κ1) is 15.7. The van der Waals surface area contributed by atoms with Crippen molar-refractivity contribution in [2.24, 2.45) is 0 Å². The first-order chi connectivity index (χ1) is 10.1.